The van der Waals surface area contributed by atoms with E-state index in [1.54, 1.807) is 0 Å². The summed E-state index contributed by atoms with van der Waals surface area (Å²) in [6.07, 6.45) is 0.479. The highest BCUT2D eigenvalue weighted by Gasteiger charge is 2.35. The van der Waals surface area contributed by atoms with Crippen LogP contribution in [0.3, 0.4) is 0 Å². The fourth-order valence-electron chi connectivity index (χ4n) is 4.33. The second kappa shape index (κ2) is 12.8. The summed E-state index contributed by atoms with van der Waals surface area (Å²) in [5.41, 5.74) is 0.268. The Morgan fingerprint density at radius 3 is 2.21 bits per heavy atom. The third-order valence-corrected chi connectivity index (χ3v) is 5.77. The number of hydrogen-bond acceptors (Lipinski definition) is 5. The molecule has 9 heteroatoms. The molecule has 0 bridgehead atoms. The van der Waals surface area contributed by atoms with Crippen molar-refractivity contribution in [2.45, 2.75) is 71.7 Å². The normalized spacial score (nSPS) is 20.3. The molecular weight excluding hydrogens is 439 g/mol. The Kier molecular flexibility index (Phi) is 10.4. The van der Waals surface area contributed by atoms with Crippen molar-refractivity contribution >= 4 is 17.7 Å². The van der Waals surface area contributed by atoms with Gasteiger partial charge in [0.25, 0.3) is 5.91 Å². The van der Waals surface area contributed by atoms with Gasteiger partial charge in [0.2, 0.25) is 11.8 Å². The summed E-state index contributed by atoms with van der Waals surface area (Å²) < 4.78 is 13.2. The molecule has 2 unspecified atom stereocenters. The molecule has 0 saturated carbocycles. The first-order valence-electron chi connectivity index (χ1n) is 12.0. The highest BCUT2D eigenvalue weighted by atomic mass is 19.1. The summed E-state index contributed by atoms with van der Waals surface area (Å²) in [6, 6.07) is 3.83. The van der Waals surface area contributed by atoms with Gasteiger partial charge in [-0.2, -0.15) is 0 Å². The Morgan fingerprint density at radius 1 is 1.03 bits per heavy atom. The van der Waals surface area contributed by atoms with Crippen LogP contribution in [0.1, 0.15) is 57.8 Å². The second-order valence-corrected chi connectivity index (χ2v) is 10.1. The molecule has 0 aromatic heterocycles. The van der Waals surface area contributed by atoms with Crippen molar-refractivity contribution < 1.29 is 23.9 Å². The van der Waals surface area contributed by atoms with Crippen molar-refractivity contribution in [2.24, 2.45) is 11.8 Å². The van der Waals surface area contributed by atoms with Crippen LogP contribution in [-0.2, 0) is 9.59 Å². The lowest BCUT2D eigenvalue weighted by molar-refractivity contribution is -0.124. The fourth-order valence-corrected chi connectivity index (χ4v) is 4.33. The fraction of sp³-hybridized carbons (Fsp3) is 0.640. The van der Waals surface area contributed by atoms with E-state index in [2.05, 4.69) is 29.8 Å². The van der Waals surface area contributed by atoms with Gasteiger partial charge in [0.15, 0.2) is 0 Å². The number of carbonyl (C=O) groups is 3. The molecule has 34 heavy (non-hydrogen) atoms. The van der Waals surface area contributed by atoms with Gasteiger partial charge in [-0.05, 0) is 48.9 Å². The van der Waals surface area contributed by atoms with E-state index in [0.29, 0.717) is 32.0 Å². The topological polar surface area (TPSA) is 111 Å². The molecule has 1 aliphatic rings. The van der Waals surface area contributed by atoms with Crippen LogP contribution in [0.25, 0.3) is 0 Å². The van der Waals surface area contributed by atoms with Crippen LogP contribution in [0, 0.1) is 17.7 Å². The Hall–Kier alpha value is -2.52. The number of nitrogens with zero attached hydrogens (tertiary/aromatic N) is 1. The van der Waals surface area contributed by atoms with Crippen LogP contribution >= 0.6 is 0 Å². The van der Waals surface area contributed by atoms with E-state index in [4.69, 9.17) is 0 Å². The Labute approximate surface area is 201 Å². The molecule has 0 aliphatic carbocycles. The van der Waals surface area contributed by atoms with Gasteiger partial charge in [0.05, 0.1) is 12.1 Å². The minimum atomic E-state index is -0.785. The number of rotatable bonds is 11. The van der Waals surface area contributed by atoms with Crippen molar-refractivity contribution in [1.29, 1.82) is 0 Å². The molecule has 8 nitrogen and oxygen atoms in total. The number of carbonyl (C=O) groups excluding carboxylic acids is 3. The zero-order valence-corrected chi connectivity index (χ0v) is 20.8. The first kappa shape index (κ1) is 27.7. The van der Waals surface area contributed by atoms with Crippen LogP contribution < -0.4 is 16.0 Å². The van der Waals surface area contributed by atoms with E-state index in [0.717, 1.165) is 6.42 Å². The van der Waals surface area contributed by atoms with Crippen molar-refractivity contribution in [3.63, 3.8) is 0 Å². The Morgan fingerprint density at radius 2 is 1.65 bits per heavy atom. The Balaban J connectivity index is 2.00. The minimum Gasteiger partial charge on any atom is -0.390 e. The van der Waals surface area contributed by atoms with Gasteiger partial charge in [-0.15, -0.1) is 0 Å². The molecule has 1 aromatic carbocycles. The number of hydrogen-bond donors (Lipinski definition) is 4. The summed E-state index contributed by atoms with van der Waals surface area (Å²) in [5, 5.41) is 19.2. The SMILES string of the molecule is CC(=O)N[C@@H](CC(C)C)CN1CC(O)C(NC(=O)[C@H](CC(C)C)NC(=O)c2ccc(F)cc2)C1. The van der Waals surface area contributed by atoms with Crippen molar-refractivity contribution in [3.05, 3.63) is 35.6 Å². The number of benzene rings is 1. The van der Waals surface area contributed by atoms with E-state index in [1.165, 1.54) is 31.2 Å². The molecule has 0 radical (unpaired) electrons. The molecule has 1 aliphatic heterocycles. The monoisotopic (exact) mass is 478 g/mol. The average Bonchev–Trinajstić information content (AvgIpc) is 3.05. The van der Waals surface area contributed by atoms with Gasteiger partial charge in [-0.1, -0.05) is 27.7 Å². The number of likely N-dealkylation sites (tertiary alicyclic amines) is 1. The van der Waals surface area contributed by atoms with Crippen molar-refractivity contribution in [3.8, 4) is 0 Å². The molecule has 4 atom stereocenters. The maximum absolute atomic E-state index is 13.2. The third-order valence-electron chi connectivity index (χ3n) is 5.77. The highest BCUT2D eigenvalue weighted by Crippen LogP contribution is 2.15. The zero-order valence-electron chi connectivity index (χ0n) is 20.8. The maximum atomic E-state index is 13.2. The summed E-state index contributed by atoms with van der Waals surface area (Å²) in [5.74, 6) is -0.812. The third kappa shape index (κ3) is 9.02. The number of β-amino-alcohol motifs (C(OH)–C–C–N with tert-alkyl or cyclic N) is 1. The average molecular weight is 479 g/mol. The molecular formula is C25H39FN4O4. The summed E-state index contributed by atoms with van der Waals surface area (Å²) in [7, 11) is 0. The van der Waals surface area contributed by atoms with E-state index < -0.39 is 29.9 Å². The summed E-state index contributed by atoms with van der Waals surface area (Å²) in [6.45, 7) is 11.0. The quantitative estimate of drug-likeness (QED) is 0.387. The first-order valence-corrected chi connectivity index (χ1v) is 12.0. The van der Waals surface area contributed by atoms with E-state index in [9.17, 15) is 23.9 Å². The molecule has 3 amide bonds. The van der Waals surface area contributed by atoms with Gasteiger partial charge < -0.3 is 21.1 Å². The van der Waals surface area contributed by atoms with E-state index >= 15 is 0 Å². The highest BCUT2D eigenvalue weighted by molar-refractivity contribution is 5.97. The summed E-state index contributed by atoms with van der Waals surface area (Å²) in [4.78, 5) is 39.2. The predicted octanol–water partition coefficient (Wildman–Crippen LogP) is 1.68. The van der Waals surface area contributed by atoms with Gasteiger partial charge >= 0.3 is 0 Å². The number of amides is 3. The lowest BCUT2D eigenvalue weighted by Crippen LogP contribution is -2.53. The van der Waals surface area contributed by atoms with Crippen LogP contribution in [0.4, 0.5) is 4.39 Å². The number of halogens is 1. The van der Waals surface area contributed by atoms with E-state index in [-0.39, 0.29) is 29.3 Å². The molecule has 190 valence electrons. The maximum Gasteiger partial charge on any atom is 0.251 e. The smallest absolute Gasteiger partial charge is 0.251 e. The van der Waals surface area contributed by atoms with Crippen LogP contribution in [0.2, 0.25) is 0 Å². The van der Waals surface area contributed by atoms with Gasteiger partial charge in [-0.25, -0.2) is 4.39 Å². The molecule has 1 aromatic rings. The molecule has 1 heterocycles. The molecule has 1 fully saturated rings. The minimum absolute atomic E-state index is 0.0390. The second-order valence-electron chi connectivity index (χ2n) is 10.1. The van der Waals surface area contributed by atoms with Crippen LogP contribution in [0.15, 0.2) is 24.3 Å². The predicted molar refractivity (Wildman–Crippen MR) is 129 cm³/mol. The number of nitrogens with one attached hydrogen (secondary N) is 3. The standard InChI is InChI=1S/C25H39FN4O4/c1-15(2)10-20(27-17(5)31)12-30-13-22(23(32)14-30)29-25(34)21(11-16(3)4)28-24(33)18-6-8-19(26)9-7-18/h6-9,15-16,20-23,32H,10-14H2,1-5H3,(H,27,31)(H,28,33)(H,29,34)/t20-,21-,22?,23?/m0/s1. The summed E-state index contributed by atoms with van der Waals surface area (Å²) >= 11 is 0. The van der Waals surface area contributed by atoms with Crippen molar-refractivity contribution in [1.82, 2.24) is 20.9 Å². The largest absolute Gasteiger partial charge is 0.390 e. The molecule has 4 N–H and O–H groups in total. The van der Waals surface area contributed by atoms with Crippen LogP contribution in [-0.4, -0.2) is 71.6 Å². The first-order chi connectivity index (χ1) is 15.9. The van der Waals surface area contributed by atoms with Crippen molar-refractivity contribution in [2.75, 3.05) is 19.6 Å². The number of aliphatic hydroxyl groups is 1. The molecule has 2 rings (SSSR count). The zero-order chi connectivity index (χ0) is 25.4. The van der Waals surface area contributed by atoms with Gasteiger partial charge in [0, 0.05) is 38.2 Å². The lowest BCUT2D eigenvalue weighted by atomic mass is 10.0. The van der Waals surface area contributed by atoms with E-state index in [1.807, 2.05) is 18.7 Å². The molecule has 0 spiro atoms. The number of aliphatic hydroxyl groups excluding tert-OH is 1. The van der Waals surface area contributed by atoms with Gasteiger partial charge in [0.1, 0.15) is 11.9 Å². The lowest BCUT2D eigenvalue weighted by Gasteiger charge is -2.26. The van der Waals surface area contributed by atoms with Crippen LogP contribution in [0.5, 0.6) is 0 Å². The molecule has 1 saturated heterocycles. The van der Waals surface area contributed by atoms with Gasteiger partial charge in [-0.3, -0.25) is 19.3 Å². The Bertz CT molecular complexity index is 831.